The van der Waals surface area contributed by atoms with E-state index < -0.39 is 18.0 Å². The molecular formula is C14H21F3N4O2. The van der Waals surface area contributed by atoms with Crippen LogP contribution in [0.2, 0.25) is 0 Å². The molecule has 0 spiro atoms. The summed E-state index contributed by atoms with van der Waals surface area (Å²) in [5, 5.41) is 9.81. The van der Waals surface area contributed by atoms with Gasteiger partial charge in [0.05, 0.1) is 12.7 Å². The first-order chi connectivity index (χ1) is 10.9. The van der Waals surface area contributed by atoms with Gasteiger partial charge < -0.3 is 14.7 Å². The first-order valence-corrected chi connectivity index (χ1v) is 7.53. The number of rotatable bonds is 6. The molecule has 6 nitrogen and oxygen atoms in total. The van der Waals surface area contributed by atoms with Crippen molar-refractivity contribution in [1.29, 1.82) is 0 Å². The molecule has 1 atom stereocenters. The summed E-state index contributed by atoms with van der Waals surface area (Å²) in [7, 11) is 0. The van der Waals surface area contributed by atoms with Crippen LogP contribution in [0.15, 0.2) is 12.3 Å². The topological polar surface area (TPSA) is 61.7 Å². The van der Waals surface area contributed by atoms with Gasteiger partial charge >= 0.3 is 6.18 Å². The van der Waals surface area contributed by atoms with Crippen LogP contribution in [-0.2, 0) is 10.9 Å². The van der Waals surface area contributed by atoms with Gasteiger partial charge in [0.2, 0.25) is 5.95 Å². The minimum Gasteiger partial charge on any atom is -0.389 e. The molecule has 2 heterocycles. The number of alkyl halides is 3. The Morgan fingerprint density at radius 1 is 1.30 bits per heavy atom. The van der Waals surface area contributed by atoms with E-state index >= 15 is 0 Å². The second-order valence-corrected chi connectivity index (χ2v) is 5.34. The average molecular weight is 334 g/mol. The third-order valence-corrected chi connectivity index (χ3v) is 3.57. The van der Waals surface area contributed by atoms with Crippen LogP contribution in [0.1, 0.15) is 12.6 Å². The molecule has 9 heteroatoms. The smallest absolute Gasteiger partial charge is 0.389 e. The van der Waals surface area contributed by atoms with E-state index in [9.17, 15) is 18.3 Å². The molecule has 1 aromatic rings. The molecule has 1 unspecified atom stereocenters. The number of aliphatic hydroxyl groups is 1. The highest BCUT2D eigenvalue weighted by atomic mass is 19.4. The van der Waals surface area contributed by atoms with Crippen LogP contribution in [-0.4, -0.2) is 72.0 Å². The number of nitrogens with zero attached hydrogens (tertiary/aromatic N) is 4. The molecule has 0 radical (unpaired) electrons. The molecule has 0 amide bonds. The summed E-state index contributed by atoms with van der Waals surface area (Å²) >= 11 is 0. The zero-order valence-corrected chi connectivity index (χ0v) is 13.0. The molecular weight excluding hydrogens is 313 g/mol. The van der Waals surface area contributed by atoms with Crippen LogP contribution in [0.3, 0.4) is 0 Å². The lowest BCUT2D eigenvalue weighted by molar-refractivity contribution is -0.141. The van der Waals surface area contributed by atoms with Crippen LogP contribution < -0.4 is 4.90 Å². The first-order valence-electron chi connectivity index (χ1n) is 7.53. The summed E-state index contributed by atoms with van der Waals surface area (Å²) in [6.07, 6.45) is -3.90. The average Bonchev–Trinajstić information content (AvgIpc) is 2.53. The molecule has 1 N–H and O–H groups in total. The van der Waals surface area contributed by atoms with Crippen LogP contribution in [0.25, 0.3) is 0 Å². The summed E-state index contributed by atoms with van der Waals surface area (Å²) in [5.74, 6) is 0.0920. The molecule has 1 fully saturated rings. The standard InChI is InChI=1S/C14H21F3N4O2/c1-2-23-10-11(22)9-20-5-7-21(8-6-20)13-18-4-3-12(19-13)14(15,16)17/h3-4,11,22H,2,5-10H2,1H3. The van der Waals surface area contributed by atoms with E-state index in [2.05, 4.69) is 9.97 Å². The predicted molar refractivity (Wildman–Crippen MR) is 78.2 cm³/mol. The number of hydrogen-bond donors (Lipinski definition) is 1. The maximum Gasteiger partial charge on any atom is 0.433 e. The summed E-state index contributed by atoms with van der Waals surface area (Å²) < 4.78 is 43.2. The van der Waals surface area contributed by atoms with Gasteiger partial charge in [-0.15, -0.1) is 0 Å². The van der Waals surface area contributed by atoms with Gasteiger partial charge in [0.1, 0.15) is 5.69 Å². The van der Waals surface area contributed by atoms with Crippen molar-refractivity contribution < 1.29 is 23.0 Å². The Hall–Kier alpha value is -1.45. The number of aliphatic hydroxyl groups excluding tert-OH is 1. The molecule has 0 aliphatic carbocycles. The van der Waals surface area contributed by atoms with Gasteiger partial charge in [0.15, 0.2) is 0 Å². The lowest BCUT2D eigenvalue weighted by Crippen LogP contribution is -2.49. The van der Waals surface area contributed by atoms with Crippen LogP contribution in [0.5, 0.6) is 0 Å². The van der Waals surface area contributed by atoms with Crippen LogP contribution in [0.4, 0.5) is 19.1 Å². The zero-order valence-electron chi connectivity index (χ0n) is 13.0. The number of ether oxygens (including phenoxy) is 1. The molecule has 0 saturated carbocycles. The highest BCUT2D eigenvalue weighted by Crippen LogP contribution is 2.28. The molecule has 0 bridgehead atoms. The molecule has 2 rings (SSSR count). The number of β-amino-alcohol motifs (C(OH)–C–C–N with tert-alkyl or cyclic N) is 1. The Labute approximate surface area is 132 Å². The number of anilines is 1. The number of halogens is 3. The molecule has 130 valence electrons. The van der Waals surface area contributed by atoms with Crippen molar-refractivity contribution in [2.75, 3.05) is 50.8 Å². The SMILES string of the molecule is CCOCC(O)CN1CCN(c2nccc(C(F)(F)F)n2)CC1. The van der Waals surface area contributed by atoms with Crippen molar-refractivity contribution in [1.82, 2.24) is 14.9 Å². The van der Waals surface area contributed by atoms with Crippen molar-refractivity contribution in [3.8, 4) is 0 Å². The number of piperazine rings is 1. The molecule has 23 heavy (non-hydrogen) atoms. The van der Waals surface area contributed by atoms with Crippen molar-refractivity contribution >= 4 is 5.95 Å². The maximum absolute atomic E-state index is 12.7. The van der Waals surface area contributed by atoms with Gasteiger partial charge in [0, 0.05) is 45.5 Å². The van der Waals surface area contributed by atoms with E-state index in [0.29, 0.717) is 39.3 Å². The lowest BCUT2D eigenvalue weighted by Gasteiger charge is -2.35. The second kappa shape index (κ2) is 7.89. The van der Waals surface area contributed by atoms with Gasteiger partial charge in [-0.05, 0) is 13.0 Å². The largest absolute Gasteiger partial charge is 0.433 e. The third-order valence-electron chi connectivity index (χ3n) is 3.57. The van der Waals surface area contributed by atoms with Gasteiger partial charge in [-0.25, -0.2) is 9.97 Å². The van der Waals surface area contributed by atoms with E-state index in [0.717, 1.165) is 12.3 Å². The quantitative estimate of drug-likeness (QED) is 0.838. The van der Waals surface area contributed by atoms with Crippen molar-refractivity contribution in [2.45, 2.75) is 19.2 Å². The van der Waals surface area contributed by atoms with Gasteiger partial charge in [-0.3, -0.25) is 4.90 Å². The molecule has 1 saturated heterocycles. The Bertz CT molecular complexity index is 493. The lowest BCUT2D eigenvalue weighted by atomic mass is 10.2. The third kappa shape index (κ3) is 5.29. The molecule has 1 aliphatic rings. The van der Waals surface area contributed by atoms with Crippen LogP contribution >= 0.6 is 0 Å². The highest BCUT2D eigenvalue weighted by molar-refractivity contribution is 5.31. The summed E-state index contributed by atoms with van der Waals surface area (Å²) in [5.41, 5.74) is -0.933. The Balaban J connectivity index is 1.87. The van der Waals surface area contributed by atoms with E-state index in [1.54, 1.807) is 4.90 Å². The van der Waals surface area contributed by atoms with Gasteiger partial charge in [-0.2, -0.15) is 13.2 Å². The fraction of sp³-hybridized carbons (Fsp3) is 0.714. The maximum atomic E-state index is 12.7. The highest BCUT2D eigenvalue weighted by Gasteiger charge is 2.33. The molecule has 1 aliphatic heterocycles. The first kappa shape index (κ1) is 17.9. The Kier molecular flexibility index (Phi) is 6.14. The minimum absolute atomic E-state index is 0.0920. The number of aromatic nitrogens is 2. The van der Waals surface area contributed by atoms with E-state index in [-0.39, 0.29) is 12.6 Å². The van der Waals surface area contributed by atoms with E-state index in [4.69, 9.17) is 4.74 Å². The Morgan fingerprint density at radius 2 is 2.00 bits per heavy atom. The van der Waals surface area contributed by atoms with Gasteiger partial charge in [-0.1, -0.05) is 0 Å². The minimum atomic E-state index is -4.47. The predicted octanol–water partition coefficient (Wildman–Crippen LogP) is 1.01. The number of hydrogen-bond acceptors (Lipinski definition) is 6. The summed E-state index contributed by atoms with van der Waals surface area (Å²) in [4.78, 5) is 11.3. The van der Waals surface area contributed by atoms with Crippen molar-refractivity contribution in [3.63, 3.8) is 0 Å². The zero-order chi connectivity index (χ0) is 16.9. The summed E-state index contributed by atoms with van der Waals surface area (Å²) in [6, 6.07) is 0.865. The fourth-order valence-electron chi connectivity index (χ4n) is 2.39. The second-order valence-electron chi connectivity index (χ2n) is 5.34. The van der Waals surface area contributed by atoms with Crippen LogP contribution in [0, 0.1) is 0 Å². The van der Waals surface area contributed by atoms with E-state index in [1.165, 1.54) is 0 Å². The Morgan fingerprint density at radius 3 is 2.61 bits per heavy atom. The van der Waals surface area contributed by atoms with Crippen molar-refractivity contribution in [2.24, 2.45) is 0 Å². The fourth-order valence-corrected chi connectivity index (χ4v) is 2.39. The van der Waals surface area contributed by atoms with Crippen molar-refractivity contribution in [3.05, 3.63) is 18.0 Å². The monoisotopic (exact) mass is 334 g/mol. The van der Waals surface area contributed by atoms with E-state index in [1.807, 2.05) is 11.8 Å². The van der Waals surface area contributed by atoms with Gasteiger partial charge in [0.25, 0.3) is 0 Å². The normalized spacial score (nSPS) is 18.2. The molecule has 1 aromatic heterocycles. The molecule has 0 aromatic carbocycles. The summed E-state index contributed by atoms with van der Waals surface area (Å²) in [6.45, 7) is 5.47.